The number of nitrogens with one attached hydrogen (secondary N) is 1. The van der Waals surface area contributed by atoms with Crippen molar-refractivity contribution in [3.63, 3.8) is 0 Å². The molecule has 1 N–H and O–H groups in total. The van der Waals surface area contributed by atoms with Crippen molar-refractivity contribution in [3.05, 3.63) is 33.8 Å². The predicted octanol–water partition coefficient (Wildman–Crippen LogP) is 4.61. The molecule has 0 aliphatic carbocycles. The molecule has 2 atom stereocenters. The third-order valence-corrected chi connectivity index (χ3v) is 5.06. The maximum absolute atomic E-state index is 13.3. The number of benzene rings is 1. The number of hydrogen-bond donors (Lipinski definition) is 1. The number of alkyl halides is 3. The zero-order valence-electron chi connectivity index (χ0n) is 12.6. The Bertz CT molecular complexity index is 491. The molecule has 120 valence electrons. The van der Waals surface area contributed by atoms with Crippen molar-refractivity contribution in [2.45, 2.75) is 51.6 Å². The van der Waals surface area contributed by atoms with E-state index in [2.05, 4.69) is 4.72 Å². The zero-order valence-corrected chi connectivity index (χ0v) is 14.1. The second kappa shape index (κ2) is 6.36. The highest BCUT2D eigenvalue weighted by Gasteiger charge is 2.45. The van der Waals surface area contributed by atoms with Gasteiger partial charge in [0.25, 0.3) is 0 Å². The molecule has 0 aromatic heterocycles. The fourth-order valence-corrected chi connectivity index (χ4v) is 2.70. The summed E-state index contributed by atoms with van der Waals surface area (Å²) in [7, 11) is 0. The Morgan fingerprint density at radius 1 is 1.14 bits per heavy atom. The van der Waals surface area contributed by atoms with Gasteiger partial charge < -0.3 is 4.55 Å². The summed E-state index contributed by atoms with van der Waals surface area (Å²) in [5.74, 6) is 0. The Balaban J connectivity index is 3.22. The van der Waals surface area contributed by atoms with E-state index < -0.39 is 28.3 Å². The van der Waals surface area contributed by atoms with Crippen LogP contribution in [0.4, 0.5) is 13.2 Å². The monoisotopic (exact) mass is 341 g/mol. The van der Waals surface area contributed by atoms with Crippen LogP contribution in [-0.4, -0.2) is 15.5 Å². The zero-order chi connectivity index (χ0) is 16.6. The van der Waals surface area contributed by atoms with Crippen LogP contribution >= 0.6 is 11.6 Å². The van der Waals surface area contributed by atoms with Gasteiger partial charge in [-0.15, -0.1) is 4.72 Å². The van der Waals surface area contributed by atoms with Gasteiger partial charge in [0.2, 0.25) is 0 Å². The Labute approximate surface area is 131 Å². The number of aryl methyl sites for hydroxylation is 2. The van der Waals surface area contributed by atoms with E-state index in [1.165, 1.54) is 12.1 Å². The molecule has 0 spiro atoms. The topological polar surface area (TPSA) is 35.1 Å². The molecule has 0 heterocycles. The molecule has 0 aliphatic rings. The normalized spacial score (nSPS) is 15.9. The Morgan fingerprint density at radius 2 is 1.57 bits per heavy atom. The van der Waals surface area contributed by atoms with Crippen LogP contribution in [0.5, 0.6) is 0 Å². The lowest BCUT2D eigenvalue weighted by atomic mass is 10.0. The highest BCUT2D eigenvalue weighted by molar-refractivity contribution is 7.90. The molecular formula is C14H19ClF3NOS. The first kappa shape index (κ1) is 18.6. The average Bonchev–Trinajstić information content (AvgIpc) is 2.29. The van der Waals surface area contributed by atoms with Crippen molar-refractivity contribution in [2.24, 2.45) is 0 Å². The average molecular weight is 342 g/mol. The molecule has 0 radical (unpaired) electrons. The van der Waals surface area contributed by atoms with Crippen LogP contribution in [0.3, 0.4) is 0 Å². The molecule has 1 aromatic carbocycles. The van der Waals surface area contributed by atoms with Crippen molar-refractivity contribution in [3.8, 4) is 0 Å². The summed E-state index contributed by atoms with van der Waals surface area (Å²) in [6, 6.07) is 0.757. The summed E-state index contributed by atoms with van der Waals surface area (Å²) >= 11 is 4.15. The van der Waals surface area contributed by atoms with E-state index in [0.717, 1.165) is 0 Å². The van der Waals surface area contributed by atoms with Gasteiger partial charge in [0.05, 0.1) is 0 Å². The summed E-state index contributed by atoms with van der Waals surface area (Å²) in [4.78, 5) is 0. The molecule has 0 saturated heterocycles. The van der Waals surface area contributed by atoms with Gasteiger partial charge in [-0.3, -0.25) is 0 Å². The molecule has 0 unspecified atom stereocenters. The van der Waals surface area contributed by atoms with Gasteiger partial charge in [-0.2, -0.15) is 13.2 Å². The minimum atomic E-state index is -4.55. The maximum Gasteiger partial charge on any atom is 0.412 e. The molecule has 0 saturated carbocycles. The smallest absolute Gasteiger partial charge is 0.412 e. The Morgan fingerprint density at radius 3 is 1.90 bits per heavy atom. The number of halogens is 4. The Kier molecular flexibility index (Phi) is 5.64. The fourth-order valence-electron chi connectivity index (χ4n) is 1.75. The number of rotatable bonds is 3. The van der Waals surface area contributed by atoms with E-state index in [-0.39, 0.29) is 5.56 Å². The van der Waals surface area contributed by atoms with Gasteiger partial charge in [-0.1, -0.05) is 23.7 Å². The van der Waals surface area contributed by atoms with E-state index in [4.69, 9.17) is 11.6 Å². The Hall–Kier alpha value is -0.430. The standard InChI is InChI=1S/C14H19ClF3NOS/c1-8-6-10(7-9(2)11(8)15)12(14(16,17)18)19-21(20)13(3,4)5/h6-7,12,19H,1-5H3/t12-,21+/m0/s1. The summed E-state index contributed by atoms with van der Waals surface area (Å²) < 4.78 is 53.3. The van der Waals surface area contributed by atoms with Gasteiger partial charge in [0, 0.05) is 16.4 Å². The van der Waals surface area contributed by atoms with E-state index in [1.807, 2.05) is 0 Å². The van der Waals surface area contributed by atoms with Crippen molar-refractivity contribution < 1.29 is 17.7 Å². The SMILES string of the molecule is Cc1cc([C@H](N[S@+]([O-])C(C)(C)C)C(F)(F)F)cc(C)c1Cl. The number of hydrogen-bond acceptors (Lipinski definition) is 2. The molecule has 0 amide bonds. The van der Waals surface area contributed by atoms with Crippen molar-refractivity contribution in [2.75, 3.05) is 0 Å². The summed E-state index contributed by atoms with van der Waals surface area (Å²) in [5.41, 5.74) is 1.13. The van der Waals surface area contributed by atoms with Gasteiger partial charge in [-0.25, -0.2) is 0 Å². The lowest BCUT2D eigenvalue weighted by molar-refractivity contribution is -0.153. The maximum atomic E-state index is 13.3. The quantitative estimate of drug-likeness (QED) is 0.815. The first-order chi connectivity index (χ1) is 9.34. The molecule has 1 aromatic rings. The van der Waals surface area contributed by atoms with E-state index in [0.29, 0.717) is 16.1 Å². The van der Waals surface area contributed by atoms with E-state index >= 15 is 0 Å². The predicted molar refractivity (Wildman–Crippen MR) is 80.8 cm³/mol. The van der Waals surface area contributed by atoms with Crippen LogP contribution in [0.2, 0.25) is 5.02 Å². The summed E-state index contributed by atoms with van der Waals surface area (Å²) in [6.45, 7) is 8.13. The highest BCUT2D eigenvalue weighted by atomic mass is 35.5. The van der Waals surface area contributed by atoms with Crippen LogP contribution in [0.15, 0.2) is 12.1 Å². The second-order valence-corrected chi connectivity index (χ2v) is 8.32. The van der Waals surface area contributed by atoms with Crippen LogP contribution in [0.1, 0.15) is 43.5 Å². The largest absolute Gasteiger partial charge is 0.598 e. The van der Waals surface area contributed by atoms with Gasteiger partial charge in [0.1, 0.15) is 4.75 Å². The first-order valence-corrected chi connectivity index (χ1v) is 7.88. The molecule has 21 heavy (non-hydrogen) atoms. The van der Waals surface area contributed by atoms with E-state index in [9.17, 15) is 17.7 Å². The minimum Gasteiger partial charge on any atom is -0.598 e. The lowest BCUT2D eigenvalue weighted by Crippen LogP contribution is -2.45. The van der Waals surface area contributed by atoms with Crippen molar-refractivity contribution in [1.82, 2.24) is 4.72 Å². The molecule has 0 fully saturated rings. The van der Waals surface area contributed by atoms with Crippen LogP contribution in [0.25, 0.3) is 0 Å². The minimum absolute atomic E-state index is 0.0134. The van der Waals surface area contributed by atoms with Crippen LogP contribution in [-0.2, 0) is 11.4 Å². The second-order valence-electron chi connectivity index (χ2n) is 5.94. The van der Waals surface area contributed by atoms with Gasteiger partial charge >= 0.3 is 6.18 Å². The van der Waals surface area contributed by atoms with Crippen LogP contribution in [0, 0.1) is 13.8 Å². The molecule has 7 heteroatoms. The van der Waals surface area contributed by atoms with Gasteiger partial charge in [0.15, 0.2) is 6.04 Å². The van der Waals surface area contributed by atoms with Crippen LogP contribution < -0.4 is 4.72 Å². The third kappa shape index (κ3) is 4.77. The van der Waals surface area contributed by atoms with Gasteiger partial charge in [-0.05, 0) is 51.3 Å². The first-order valence-electron chi connectivity index (χ1n) is 6.35. The molecule has 0 aliphatic heterocycles. The summed E-state index contributed by atoms with van der Waals surface area (Å²) in [5, 5.41) is 0.441. The molecular weight excluding hydrogens is 323 g/mol. The van der Waals surface area contributed by atoms with Crippen molar-refractivity contribution in [1.29, 1.82) is 0 Å². The highest BCUT2D eigenvalue weighted by Crippen LogP contribution is 2.36. The summed E-state index contributed by atoms with van der Waals surface area (Å²) in [6.07, 6.45) is -4.55. The van der Waals surface area contributed by atoms with E-state index in [1.54, 1.807) is 34.6 Å². The third-order valence-electron chi connectivity index (χ3n) is 2.90. The van der Waals surface area contributed by atoms with Crippen molar-refractivity contribution >= 4 is 23.0 Å². The molecule has 2 nitrogen and oxygen atoms in total. The molecule has 0 bridgehead atoms. The fraction of sp³-hybridized carbons (Fsp3) is 0.571. The lowest BCUT2D eigenvalue weighted by Gasteiger charge is -2.29. The molecule has 1 rings (SSSR count).